The Morgan fingerprint density at radius 2 is 1.86 bits per heavy atom. The molecule has 6 rings (SSSR count). The molecule has 8 nitrogen and oxygen atoms in total. The van der Waals surface area contributed by atoms with Gasteiger partial charge in [-0.25, -0.2) is 4.98 Å². The highest BCUT2D eigenvalue weighted by atomic mass is 16.5. The van der Waals surface area contributed by atoms with Gasteiger partial charge in [0.15, 0.2) is 0 Å². The van der Waals surface area contributed by atoms with Crippen LogP contribution in [0.2, 0.25) is 0 Å². The number of hydrogen-bond acceptors (Lipinski definition) is 7. The van der Waals surface area contributed by atoms with E-state index in [1.165, 1.54) is 0 Å². The van der Waals surface area contributed by atoms with E-state index in [-0.39, 0.29) is 29.6 Å². The number of Topliss-reactive ketones (excluding diaryl/α,β-unsaturated/α-hetero) is 1. The van der Waals surface area contributed by atoms with E-state index < -0.39 is 0 Å². The largest absolute Gasteiger partial charge is 0.497 e. The van der Waals surface area contributed by atoms with Crippen LogP contribution in [0.5, 0.6) is 28.7 Å². The first-order chi connectivity index (χ1) is 17.5. The number of anilines is 1. The molecule has 0 radical (unpaired) electrons. The number of ether oxygens (including phenoxy) is 4. The first-order valence-electron chi connectivity index (χ1n) is 12.0. The Hall–Kier alpha value is -4.07. The van der Waals surface area contributed by atoms with Crippen LogP contribution in [-0.2, 0) is 22.4 Å². The molecule has 3 aromatic rings. The third-order valence-electron chi connectivity index (χ3n) is 7.08. The highest BCUT2D eigenvalue weighted by molar-refractivity contribution is 5.93. The number of amides is 1. The SMILES string of the molecule is COc1cc(CC(=O)C[C@@H]2C3Oc4ccc(Oc5ccnc6c5CCC(=O)N6)cc4[C@H]32)cc(OC)c1. The summed E-state index contributed by atoms with van der Waals surface area (Å²) in [6.07, 6.45) is 3.44. The summed E-state index contributed by atoms with van der Waals surface area (Å²) in [5.41, 5.74) is 2.85. The van der Waals surface area contributed by atoms with Crippen molar-refractivity contribution in [2.75, 3.05) is 19.5 Å². The van der Waals surface area contributed by atoms with Crippen molar-refractivity contribution < 1.29 is 28.5 Å². The first kappa shape index (κ1) is 22.4. The maximum absolute atomic E-state index is 12.9. The molecule has 3 aliphatic rings. The molecule has 184 valence electrons. The minimum atomic E-state index is -0.0345. The Bertz CT molecular complexity index is 1350. The van der Waals surface area contributed by atoms with Crippen molar-refractivity contribution in [1.29, 1.82) is 0 Å². The van der Waals surface area contributed by atoms with E-state index in [4.69, 9.17) is 18.9 Å². The molecule has 1 saturated carbocycles. The number of ketones is 1. The number of pyridine rings is 1. The number of nitrogens with zero attached hydrogens (tertiary/aromatic N) is 1. The fourth-order valence-electron chi connectivity index (χ4n) is 5.27. The first-order valence-corrected chi connectivity index (χ1v) is 12.0. The van der Waals surface area contributed by atoms with Crippen LogP contribution in [0.1, 0.15) is 35.4 Å². The van der Waals surface area contributed by atoms with Crippen molar-refractivity contribution in [2.24, 2.45) is 5.92 Å². The van der Waals surface area contributed by atoms with Crippen LogP contribution < -0.4 is 24.3 Å². The third-order valence-corrected chi connectivity index (χ3v) is 7.08. The molecule has 2 aliphatic heterocycles. The minimum absolute atomic E-state index is 0.0305. The molecule has 3 atom stereocenters. The number of nitrogens with one attached hydrogen (secondary N) is 1. The second-order valence-electron chi connectivity index (χ2n) is 9.40. The van der Waals surface area contributed by atoms with Gasteiger partial charge >= 0.3 is 0 Å². The van der Waals surface area contributed by atoms with Gasteiger partial charge in [-0.3, -0.25) is 9.59 Å². The second kappa shape index (κ2) is 8.86. The summed E-state index contributed by atoms with van der Waals surface area (Å²) in [7, 11) is 3.19. The van der Waals surface area contributed by atoms with Gasteiger partial charge in [0.25, 0.3) is 0 Å². The summed E-state index contributed by atoms with van der Waals surface area (Å²) >= 11 is 0. The number of aromatic nitrogens is 1. The fraction of sp³-hybridized carbons (Fsp3) is 0.321. The van der Waals surface area contributed by atoms with E-state index >= 15 is 0 Å². The number of hydrogen-bond donors (Lipinski definition) is 1. The molecule has 1 N–H and O–H groups in total. The predicted molar refractivity (Wildman–Crippen MR) is 131 cm³/mol. The highest BCUT2D eigenvalue weighted by Gasteiger charge is 2.59. The van der Waals surface area contributed by atoms with Gasteiger partial charge in [0, 0.05) is 54.5 Å². The average Bonchev–Trinajstić information content (AvgIpc) is 3.39. The quantitative estimate of drug-likeness (QED) is 0.502. The van der Waals surface area contributed by atoms with Crippen LogP contribution in [0, 0.1) is 5.92 Å². The van der Waals surface area contributed by atoms with Crippen molar-refractivity contribution in [3.63, 3.8) is 0 Å². The molecule has 0 saturated heterocycles. The monoisotopic (exact) mass is 486 g/mol. The Labute approximate surface area is 208 Å². The molecule has 0 spiro atoms. The Balaban J connectivity index is 1.13. The number of benzene rings is 2. The lowest BCUT2D eigenvalue weighted by molar-refractivity contribution is -0.119. The fourth-order valence-corrected chi connectivity index (χ4v) is 5.27. The van der Waals surface area contributed by atoms with Crippen LogP contribution in [0.25, 0.3) is 0 Å². The Morgan fingerprint density at radius 1 is 1.06 bits per heavy atom. The highest BCUT2D eigenvalue weighted by Crippen LogP contribution is 2.60. The summed E-state index contributed by atoms with van der Waals surface area (Å²) < 4.78 is 23.0. The smallest absolute Gasteiger partial charge is 0.225 e. The van der Waals surface area contributed by atoms with Crippen molar-refractivity contribution in [3.8, 4) is 28.7 Å². The minimum Gasteiger partial charge on any atom is -0.497 e. The lowest BCUT2D eigenvalue weighted by Crippen LogP contribution is -2.20. The van der Waals surface area contributed by atoms with Crippen LogP contribution in [0.15, 0.2) is 48.7 Å². The standard InChI is InChI=1S/C28H26N2O6/c1-33-18-10-15(11-19(13-18)34-2)9-16(31)12-22-26-21-14-17(3-5-23(21)36-27(22)26)35-24-7-8-29-28-20(24)4-6-25(32)30-28/h3,5,7-8,10-11,13-14,22,26-27H,4,6,9,12H2,1-2H3,(H,29,30,32)/t22-,26-,27?/m0/s1. The summed E-state index contributed by atoms with van der Waals surface area (Å²) in [6.45, 7) is 0. The number of carbonyl (C=O) groups excluding carboxylic acids is 2. The van der Waals surface area contributed by atoms with Gasteiger partial charge in [-0.05, 0) is 48.4 Å². The van der Waals surface area contributed by atoms with Gasteiger partial charge in [-0.2, -0.15) is 0 Å². The van der Waals surface area contributed by atoms with E-state index in [0.717, 1.165) is 22.4 Å². The topological polar surface area (TPSA) is 96.0 Å². The van der Waals surface area contributed by atoms with Gasteiger partial charge in [0.2, 0.25) is 5.91 Å². The van der Waals surface area contributed by atoms with E-state index in [2.05, 4.69) is 10.3 Å². The summed E-state index contributed by atoms with van der Waals surface area (Å²) in [5.74, 6) is 4.61. The van der Waals surface area contributed by atoms with Gasteiger partial charge in [-0.15, -0.1) is 0 Å². The normalized spacial score (nSPS) is 20.8. The Kier molecular flexibility index (Phi) is 5.51. The lowest BCUT2D eigenvalue weighted by atomic mass is 10.0. The van der Waals surface area contributed by atoms with Crippen LogP contribution in [0.4, 0.5) is 5.82 Å². The zero-order valence-electron chi connectivity index (χ0n) is 20.1. The zero-order valence-corrected chi connectivity index (χ0v) is 20.1. The summed E-state index contributed by atoms with van der Waals surface area (Å²) in [4.78, 5) is 28.8. The molecule has 1 amide bonds. The van der Waals surface area contributed by atoms with E-state index in [9.17, 15) is 9.59 Å². The molecule has 8 heteroatoms. The molecule has 1 fully saturated rings. The van der Waals surface area contributed by atoms with Crippen LogP contribution >= 0.6 is 0 Å². The lowest BCUT2D eigenvalue weighted by Gasteiger charge is -2.19. The molecule has 1 unspecified atom stereocenters. The van der Waals surface area contributed by atoms with Crippen LogP contribution in [-0.4, -0.2) is 37.0 Å². The molecule has 2 aromatic carbocycles. The van der Waals surface area contributed by atoms with Gasteiger partial charge in [0.05, 0.1) is 14.2 Å². The number of carbonyl (C=O) groups is 2. The Morgan fingerprint density at radius 3 is 2.64 bits per heavy atom. The molecular weight excluding hydrogens is 460 g/mol. The van der Waals surface area contributed by atoms with Gasteiger partial charge < -0.3 is 24.3 Å². The van der Waals surface area contributed by atoms with E-state index in [1.54, 1.807) is 26.5 Å². The zero-order chi connectivity index (χ0) is 24.8. The van der Waals surface area contributed by atoms with Gasteiger partial charge in [-0.1, -0.05) is 0 Å². The number of fused-ring (bicyclic) bond motifs is 4. The summed E-state index contributed by atoms with van der Waals surface area (Å²) in [5, 5.41) is 2.80. The van der Waals surface area contributed by atoms with Gasteiger partial charge in [0.1, 0.15) is 46.5 Å². The molecule has 0 bridgehead atoms. The van der Waals surface area contributed by atoms with Crippen molar-refractivity contribution >= 4 is 17.5 Å². The molecular formula is C28H26N2O6. The predicted octanol–water partition coefficient (Wildman–Crippen LogP) is 4.45. The average molecular weight is 487 g/mol. The van der Waals surface area contributed by atoms with E-state index in [0.29, 0.717) is 54.5 Å². The number of rotatable bonds is 8. The summed E-state index contributed by atoms with van der Waals surface area (Å²) in [6, 6.07) is 13.2. The second-order valence-corrected chi connectivity index (χ2v) is 9.40. The number of methoxy groups -OCH3 is 2. The maximum Gasteiger partial charge on any atom is 0.225 e. The van der Waals surface area contributed by atoms with Crippen molar-refractivity contribution in [2.45, 2.75) is 37.7 Å². The van der Waals surface area contributed by atoms with Crippen molar-refractivity contribution in [1.82, 2.24) is 4.98 Å². The van der Waals surface area contributed by atoms with Crippen molar-refractivity contribution in [3.05, 3.63) is 65.4 Å². The molecule has 1 aromatic heterocycles. The maximum atomic E-state index is 12.9. The molecule has 36 heavy (non-hydrogen) atoms. The third kappa shape index (κ3) is 4.12. The van der Waals surface area contributed by atoms with E-state index in [1.807, 2.05) is 36.4 Å². The molecule has 1 aliphatic carbocycles. The van der Waals surface area contributed by atoms with Crippen LogP contribution in [0.3, 0.4) is 0 Å². The molecule has 3 heterocycles.